The van der Waals surface area contributed by atoms with Gasteiger partial charge in [0.25, 0.3) is 0 Å². The van der Waals surface area contributed by atoms with Crippen LogP contribution in [0.25, 0.3) is 10.9 Å². The minimum atomic E-state index is 0.287. The largest absolute Gasteiger partial charge is 0.493 e. The fourth-order valence-corrected chi connectivity index (χ4v) is 4.91. The number of fused-ring (bicyclic) bond motifs is 2. The number of aliphatic hydroxyl groups is 1. The number of hydrogen-bond donors (Lipinski definition) is 2. The zero-order chi connectivity index (χ0) is 23.1. The van der Waals surface area contributed by atoms with Crippen LogP contribution < -0.4 is 19.7 Å². The molecule has 8 nitrogen and oxygen atoms in total. The number of aliphatic hydroxyl groups excluding tert-OH is 1. The summed E-state index contributed by atoms with van der Waals surface area (Å²) in [5.74, 6) is 5.22. The Balaban J connectivity index is 1.25. The molecule has 1 saturated heterocycles. The SMILES string of the molecule is COc1cc(Nc2ncnc3cnc(N4CC5C(CO)C5C4)cc23)ccc1Oc1ccccc1. The van der Waals surface area contributed by atoms with Crippen LogP contribution >= 0.6 is 0 Å². The molecule has 2 aromatic carbocycles. The second-order valence-electron chi connectivity index (χ2n) is 8.77. The fourth-order valence-electron chi connectivity index (χ4n) is 4.91. The van der Waals surface area contributed by atoms with Crippen molar-refractivity contribution in [3.8, 4) is 17.2 Å². The molecule has 1 saturated carbocycles. The number of rotatable bonds is 7. The molecule has 0 radical (unpaired) electrons. The molecule has 2 atom stereocenters. The predicted molar refractivity (Wildman–Crippen MR) is 130 cm³/mol. The summed E-state index contributed by atoms with van der Waals surface area (Å²) in [6, 6.07) is 17.3. The van der Waals surface area contributed by atoms with Crippen molar-refractivity contribution in [1.82, 2.24) is 15.0 Å². The number of hydrogen-bond acceptors (Lipinski definition) is 8. The summed E-state index contributed by atoms with van der Waals surface area (Å²) in [5.41, 5.74) is 1.60. The van der Waals surface area contributed by atoms with Crippen molar-refractivity contribution in [2.24, 2.45) is 17.8 Å². The smallest absolute Gasteiger partial charge is 0.169 e. The highest BCUT2D eigenvalue weighted by molar-refractivity contribution is 5.92. The van der Waals surface area contributed by atoms with Crippen LogP contribution in [0.5, 0.6) is 17.2 Å². The van der Waals surface area contributed by atoms with Gasteiger partial charge in [-0.2, -0.15) is 0 Å². The second-order valence-corrected chi connectivity index (χ2v) is 8.77. The molecule has 2 unspecified atom stereocenters. The quantitative estimate of drug-likeness (QED) is 0.427. The van der Waals surface area contributed by atoms with Crippen LogP contribution in [0.15, 0.2) is 67.1 Å². The summed E-state index contributed by atoms with van der Waals surface area (Å²) in [6.07, 6.45) is 3.33. The van der Waals surface area contributed by atoms with Crippen molar-refractivity contribution < 1.29 is 14.6 Å². The molecular weight excluding hydrogens is 430 g/mol. The number of piperidine rings is 1. The van der Waals surface area contributed by atoms with Gasteiger partial charge in [0.1, 0.15) is 23.7 Å². The van der Waals surface area contributed by atoms with Crippen molar-refractivity contribution in [2.75, 3.05) is 37.0 Å². The Hall–Kier alpha value is -3.91. The van der Waals surface area contributed by atoms with E-state index in [9.17, 15) is 5.11 Å². The topological polar surface area (TPSA) is 92.6 Å². The maximum Gasteiger partial charge on any atom is 0.169 e. The van der Waals surface area contributed by atoms with Crippen molar-refractivity contribution in [3.63, 3.8) is 0 Å². The van der Waals surface area contributed by atoms with Gasteiger partial charge in [-0.15, -0.1) is 0 Å². The number of pyridine rings is 1. The lowest BCUT2D eigenvalue weighted by Gasteiger charge is -2.21. The van der Waals surface area contributed by atoms with Gasteiger partial charge < -0.3 is 24.8 Å². The van der Waals surface area contributed by atoms with Crippen LogP contribution in [0.3, 0.4) is 0 Å². The summed E-state index contributed by atoms with van der Waals surface area (Å²) in [7, 11) is 1.62. The zero-order valence-corrected chi connectivity index (χ0v) is 18.8. The van der Waals surface area contributed by atoms with E-state index < -0.39 is 0 Å². The van der Waals surface area contributed by atoms with Gasteiger partial charge in [0.2, 0.25) is 0 Å². The molecule has 2 aromatic heterocycles. The van der Waals surface area contributed by atoms with Crippen LogP contribution in [0.4, 0.5) is 17.3 Å². The monoisotopic (exact) mass is 455 g/mol. The summed E-state index contributed by atoms with van der Waals surface area (Å²) in [6.45, 7) is 2.16. The molecule has 1 aliphatic carbocycles. The highest BCUT2D eigenvalue weighted by Crippen LogP contribution is 2.52. The molecular formula is C26H25N5O3. The standard InChI is InChI=1S/C26H25N5O3/c1-33-24-9-16(7-8-23(24)34-17-5-3-2-4-6-17)30-26-18-10-25(27-11-22(18)28-15-29-26)31-12-19-20(13-31)21(19)14-32/h2-11,15,19-21,32H,12-14H2,1H3,(H,28,29,30). The van der Waals surface area contributed by atoms with E-state index in [1.165, 1.54) is 6.33 Å². The Bertz CT molecular complexity index is 1320. The minimum absolute atomic E-state index is 0.287. The predicted octanol–water partition coefficient (Wildman–Crippen LogP) is 4.24. The van der Waals surface area contributed by atoms with Gasteiger partial charge in [-0.3, -0.25) is 0 Å². The van der Waals surface area contributed by atoms with E-state index in [0.717, 1.165) is 41.2 Å². The average molecular weight is 456 g/mol. The van der Waals surface area contributed by atoms with Crippen LogP contribution in [0.2, 0.25) is 0 Å². The molecule has 4 aromatic rings. The van der Waals surface area contributed by atoms with Crippen molar-refractivity contribution in [1.29, 1.82) is 0 Å². The van der Waals surface area contributed by atoms with E-state index in [4.69, 9.17) is 9.47 Å². The average Bonchev–Trinajstić information content (AvgIpc) is 3.35. The Morgan fingerprint density at radius 1 is 1.00 bits per heavy atom. The van der Waals surface area contributed by atoms with Crippen LogP contribution in [-0.2, 0) is 0 Å². The van der Waals surface area contributed by atoms with Crippen molar-refractivity contribution in [3.05, 3.63) is 67.1 Å². The summed E-state index contributed by atoms with van der Waals surface area (Å²) >= 11 is 0. The maximum absolute atomic E-state index is 9.44. The number of methoxy groups -OCH3 is 1. The first-order valence-corrected chi connectivity index (χ1v) is 11.4. The van der Waals surface area contributed by atoms with Gasteiger partial charge in [-0.25, -0.2) is 15.0 Å². The van der Waals surface area contributed by atoms with E-state index in [1.807, 2.05) is 54.6 Å². The Kier molecular flexibility index (Phi) is 5.15. The van der Waals surface area contributed by atoms with E-state index >= 15 is 0 Å². The molecule has 34 heavy (non-hydrogen) atoms. The van der Waals surface area contributed by atoms with Crippen LogP contribution in [-0.4, -0.2) is 46.9 Å². The van der Waals surface area contributed by atoms with Crippen LogP contribution in [0, 0.1) is 17.8 Å². The molecule has 0 bridgehead atoms. The summed E-state index contributed by atoms with van der Waals surface area (Å²) < 4.78 is 11.5. The number of benzene rings is 2. The Morgan fingerprint density at radius 3 is 2.59 bits per heavy atom. The van der Waals surface area contributed by atoms with E-state index in [-0.39, 0.29) is 6.61 Å². The molecule has 2 N–H and O–H groups in total. The second kappa shape index (κ2) is 8.46. The van der Waals surface area contributed by atoms with Crippen molar-refractivity contribution >= 4 is 28.2 Å². The Labute approximate surface area is 197 Å². The highest BCUT2D eigenvalue weighted by atomic mass is 16.5. The maximum atomic E-state index is 9.44. The normalized spacial score (nSPS) is 20.8. The first-order chi connectivity index (χ1) is 16.7. The molecule has 1 aliphatic heterocycles. The van der Waals surface area contributed by atoms with Gasteiger partial charge >= 0.3 is 0 Å². The van der Waals surface area contributed by atoms with Gasteiger partial charge in [0.05, 0.1) is 18.8 Å². The number of nitrogens with zero attached hydrogens (tertiary/aromatic N) is 4. The number of para-hydroxylation sites is 1. The minimum Gasteiger partial charge on any atom is -0.493 e. The molecule has 8 heteroatoms. The lowest BCUT2D eigenvalue weighted by Crippen LogP contribution is -2.25. The van der Waals surface area contributed by atoms with Gasteiger partial charge in [0.15, 0.2) is 11.5 Å². The molecule has 2 fully saturated rings. The van der Waals surface area contributed by atoms with E-state index in [0.29, 0.717) is 35.1 Å². The molecule has 2 aliphatic rings. The van der Waals surface area contributed by atoms with Crippen LogP contribution in [0.1, 0.15) is 0 Å². The first-order valence-electron chi connectivity index (χ1n) is 11.4. The molecule has 0 spiro atoms. The highest BCUT2D eigenvalue weighted by Gasteiger charge is 2.55. The first kappa shape index (κ1) is 20.7. The molecule has 0 amide bonds. The third kappa shape index (κ3) is 3.76. The van der Waals surface area contributed by atoms with Gasteiger partial charge in [-0.05, 0) is 48.1 Å². The molecule has 6 rings (SSSR count). The lowest BCUT2D eigenvalue weighted by atomic mass is 10.2. The summed E-state index contributed by atoms with van der Waals surface area (Å²) in [4.78, 5) is 15.8. The number of aromatic nitrogens is 3. The number of anilines is 3. The van der Waals surface area contributed by atoms with E-state index in [1.54, 1.807) is 13.3 Å². The third-order valence-electron chi connectivity index (χ3n) is 6.81. The third-order valence-corrected chi connectivity index (χ3v) is 6.81. The lowest BCUT2D eigenvalue weighted by molar-refractivity contribution is 0.260. The summed E-state index contributed by atoms with van der Waals surface area (Å²) in [5, 5.41) is 13.7. The molecule has 172 valence electrons. The van der Waals surface area contributed by atoms with Crippen molar-refractivity contribution in [2.45, 2.75) is 0 Å². The van der Waals surface area contributed by atoms with E-state index in [2.05, 4.69) is 25.2 Å². The number of nitrogens with one attached hydrogen (secondary N) is 1. The Morgan fingerprint density at radius 2 is 1.82 bits per heavy atom. The van der Waals surface area contributed by atoms with Gasteiger partial charge in [-0.1, -0.05) is 18.2 Å². The fraction of sp³-hybridized carbons (Fsp3) is 0.269. The molecule has 3 heterocycles. The zero-order valence-electron chi connectivity index (χ0n) is 18.8. The van der Waals surface area contributed by atoms with Gasteiger partial charge in [0, 0.05) is 36.8 Å². The number of ether oxygens (including phenoxy) is 2.